The van der Waals surface area contributed by atoms with Crippen LogP contribution in [0.3, 0.4) is 0 Å². The number of rotatable bonds is 4. The van der Waals surface area contributed by atoms with Crippen LogP contribution in [0.5, 0.6) is 11.5 Å². The van der Waals surface area contributed by atoms with Gasteiger partial charge in [0.05, 0.1) is 23.5 Å². The third-order valence-electron chi connectivity index (χ3n) is 5.99. The highest BCUT2D eigenvalue weighted by Gasteiger charge is 2.21. The summed E-state index contributed by atoms with van der Waals surface area (Å²) in [6, 6.07) is 9.75. The maximum Gasteiger partial charge on any atom is 0.200 e. The van der Waals surface area contributed by atoms with E-state index < -0.39 is 0 Å². The molecule has 1 aliphatic rings. The first-order valence-corrected chi connectivity index (χ1v) is 10.9. The minimum absolute atomic E-state index is 0.151. The van der Waals surface area contributed by atoms with Crippen molar-refractivity contribution in [1.29, 1.82) is 0 Å². The molecule has 2 aromatic carbocycles. The third kappa shape index (κ3) is 3.18. The van der Waals surface area contributed by atoms with Crippen LogP contribution in [0.4, 0.5) is 5.69 Å². The summed E-state index contributed by atoms with van der Waals surface area (Å²) in [4.78, 5) is 5.65. The fourth-order valence-electron chi connectivity index (χ4n) is 4.30. The van der Waals surface area contributed by atoms with E-state index in [1.807, 2.05) is 29.7 Å². The number of ether oxygens (including phenoxy) is 1. The molecule has 2 aromatic heterocycles. The summed E-state index contributed by atoms with van der Waals surface area (Å²) in [5.41, 5.74) is 5.69. The Labute approximate surface area is 185 Å². The molecule has 5 rings (SSSR count). The average Bonchev–Trinajstić information content (AvgIpc) is 3.26. The van der Waals surface area contributed by atoms with Crippen LogP contribution in [0.15, 0.2) is 30.3 Å². The largest absolute Gasteiger partial charge is 0.507 e. The molecule has 7 nitrogen and oxygen atoms in total. The lowest BCUT2D eigenvalue weighted by Gasteiger charge is -2.31. The van der Waals surface area contributed by atoms with Crippen LogP contribution < -0.4 is 9.64 Å². The summed E-state index contributed by atoms with van der Waals surface area (Å²) in [6.07, 6.45) is 1.06. The third-order valence-corrected chi connectivity index (χ3v) is 6.27. The molecule has 0 unspecified atom stereocenters. The Bertz CT molecular complexity index is 1350. The Morgan fingerprint density at radius 1 is 1.23 bits per heavy atom. The van der Waals surface area contributed by atoms with E-state index in [0.29, 0.717) is 22.8 Å². The van der Waals surface area contributed by atoms with Crippen LogP contribution in [-0.2, 0) is 0 Å². The van der Waals surface area contributed by atoms with Crippen molar-refractivity contribution in [3.05, 3.63) is 46.4 Å². The number of phenolic OH excluding ortho intramolecular Hbond substituents is 1. The molecule has 0 aliphatic carbocycles. The van der Waals surface area contributed by atoms with Gasteiger partial charge in [-0.2, -0.15) is 5.10 Å². The molecular weight excluding hydrogens is 410 g/mol. The zero-order valence-electron chi connectivity index (χ0n) is 17.8. The summed E-state index contributed by atoms with van der Waals surface area (Å²) < 4.78 is 8.19. The molecule has 0 radical (unpaired) electrons. The second-order valence-corrected chi connectivity index (χ2v) is 8.35. The van der Waals surface area contributed by atoms with E-state index in [-0.39, 0.29) is 5.75 Å². The lowest BCUT2D eigenvalue weighted by molar-refractivity contribution is 0.307. The number of H-pyrrole nitrogens is 2. The molecule has 3 N–H and O–H groups in total. The fraction of sp³-hybridized carbons (Fsp3) is 0.304. The maximum absolute atomic E-state index is 10.8. The Morgan fingerprint density at radius 3 is 2.87 bits per heavy atom. The Kier molecular flexibility index (Phi) is 4.74. The Balaban J connectivity index is 1.68. The highest BCUT2D eigenvalue weighted by molar-refractivity contribution is 7.71. The molecule has 160 valence electrons. The molecule has 0 bridgehead atoms. The van der Waals surface area contributed by atoms with Gasteiger partial charge in [0.25, 0.3) is 0 Å². The second kappa shape index (κ2) is 7.46. The van der Waals surface area contributed by atoms with Gasteiger partial charge in [0.15, 0.2) is 10.6 Å². The lowest BCUT2D eigenvalue weighted by atomic mass is 10.1. The first-order valence-electron chi connectivity index (χ1n) is 10.5. The van der Waals surface area contributed by atoms with Crippen LogP contribution in [0.25, 0.3) is 28.0 Å². The standard InChI is InChI=1S/C23H25N5O2S/c1-4-7-27-8-9-30-21-6-5-15(10-19(21)27)28-22(25-26-23(28)31)17-11-16-13(2)14(3)24-18(16)12-20(17)29/h5-6,10-12,24,29H,4,7-9H2,1-3H3,(H,26,31). The number of fused-ring (bicyclic) bond motifs is 2. The van der Waals surface area contributed by atoms with E-state index in [1.54, 1.807) is 6.07 Å². The number of nitrogens with zero attached hydrogens (tertiary/aromatic N) is 3. The molecule has 4 aromatic rings. The predicted molar refractivity (Wildman–Crippen MR) is 125 cm³/mol. The molecular formula is C23H25N5O2S. The summed E-state index contributed by atoms with van der Waals surface area (Å²) in [6.45, 7) is 8.78. The van der Waals surface area contributed by atoms with Gasteiger partial charge in [-0.1, -0.05) is 6.92 Å². The molecule has 0 saturated carbocycles. The van der Waals surface area contributed by atoms with Crippen molar-refractivity contribution in [2.45, 2.75) is 27.2 Å². The van der Waals surface area contributed by atoms with Crippen molar-refractivity contribution >= 4 is 28.8 Å². The zero-order valence-corrected chi connectivity index (χ0v) is 18.6. The number of aryl methyl sites for hydroxylation is 2. The van der Waals surface area contributed by atoms with Gasteiger partial charge in [0.2, 0.25) is 0 Å². The van der Waals surface area contributed by atoms with Gasteiger partial charge >= 0.3 is 0 Å². The number of aromatic amines is 2. The van der Waals surface area contributed by atoms with Crippen molar-refractivity contribution in [1.82, 2.24) is 19.7 Å². The van der Waals surface area contributed by atoms with Gasteiger partial charge in [-0.05, 0) is 62.3 Å². The topological polar surface area (TPSA) is 82.1 Å². The summed E-state index contributed by atoms with van der Waals surface area (Å²) >= 11 is 5.57. The van der Waals surface area contributed by atoms with Gasteiger partial charge in [0, 0.05) is 29.2 Å². The van der Waals surface area contributed by atoms with Crippen molar-refractivity contribution in [2.24, 2.45) is 0 Å². The van der Waals surface area contributed by atoms with Crippen LogP contribution in [0.1, 0.15) is 24.6 Å². The molecule has 3 heterocycles. The molecule has 0 spiro atoms. The van der Waals surface area contributed by atoms with E-state index in [1.165, 1.54) is 0 Å². The Morgan fingerprint density at radius 2 is 2.06 bits per heavy atom. The van der Waals surface area contributed by atoms with Gasteiger partial charge in [-0.3, -0.25) is 9.67 Å². The van der Waals surface area contributed by atoms with Gasteiger partial charge in [-0.15, -0.1) is 0 Å². The summed E-state index contributed by atoms with van der Waals surface area (Å²) in [5, 5.41) is 19.2. The maximum atomic E-state index is 10.8. The minimum atomic E-state index is 0.151. The summed E-state index contributed by atoms with van der Waals surface area (Å²) in [7, 11) is 0. The first-order chi connectivity index (χ1) is 15.0. The molecule has 0 atom stereocenters. The molecule has 0 saturated heterocycles. The van der Waals surface area contributed by atoms with Crippen LogP contribution in [0, 0.1) is 18.6 Å². The van der Waals surface area contributed by atoms with Gasteiger partial charge in [0.1, 0.15) is 18.1 Å². The van der Waals surface area contributed by atoms with Crippen molar-refractivity contribution in [3.8, 4) is 28.6 Å². The minimum Gasteiger partial charge on any atom is -0.507 e. The van der Waals surface area contributed by atoms with Gasteiger partial charge in [-0.25, -0.2) is 0 Å². The highest BCUT2D eigenvalue weighted by atomic mass is 32.1. The predicted octanol–water partition coefficient (Wildman–Crippen LogP) is 5.01. The number of hydrogen-bond donors (Lipinski definition) is 3. The number of anilines is 1. The smallest absolute Gasteiger partial charge is 0.200 e. The quantitative estimate of drug-likeness (QED) is 0.393. The molecule has 0 amide bonds. The number of nitrogens with one attached hydrogen (secondary N) is 2. The highest BCUT2D eigenvalue weighted by Crippen LogP contribution is 2.38. The number of aromatic hydroxyl groups is 1. The van der Waals surface area contributed by atoms with Crippen molar-refractivity contribution in [3.63, 3.8) is 0 Å². The number of hydrogen-bond acceptors (Lipinski definition) is 5. The van der Waals surface area contributed by atoms with Gasteiger partial charge < -0.3 is 19.7 Å². The first kappa shape index (κ1) is 19.7. The Hall–Kier alpha value is -3.26. The van der Waals surface area contributed by atoms with E-state index in [4.69, 9.17) is 17.0 Å². The van der Waals surface area contributed by atoms with Crippen LogP contribution >= 0.6 is 12.2 Å². The van der Waals surface area contributed by atoms with Crippen LogP contribution in [0.2, 0.25) is 0 Å². The molecule has 1 aliphatic heterocycles. The van der Waals surface area contributed by atoms with Crippen LogP contribution in [-0.4, -0.2) is 44.6 Å². The molecule has 0 fully saturated rings. The van der Waals surface area contributed by atoms with E-state index >= 15 is 0 Å². The number of benzene rings is 2. The fourth-order valence-corrected chi connectivity index (χ4v) is 4.54. The zero-order chi connectivity index (χ0) is 21.7. The SMILES string of the molecule is CCCN1CCOc2ccc(-n3c(-c4cc5c(C)c(C)[nH]c5cc4O)n[nH]c3=S)cc21. The van der Waals surface area contributed by atoms with Crippen molar-refractivity contribution < 1.29 is 9.84 Å². The lowest BCUT2D eigenvalue weighted by Crippen LogP contribution is -2.33. The average molecular weight is 436 g/mol. The van der Waals surface area contributed by atoms with E-state index in [2.05, 4.69) is 40.0 Å². The number of phenols is 1. The summed E-state index contributed by atoms with van der Waals surface area (Å²) in [5.74, 6) is 1.60. The van der Waals surface area contributed by atoms with Crippen molar-refractivity contribution in [2.75, 3.05) is 24.6 Å². The number of aromatic nitrogens is 4. The van der Waals surface area contributed by atoms with E-state index in [9.17, 15) is 5.11 Å². The molecule has 8 heteroatoms. The second-order valence-electron chi connectivity index (χ2n) is 7.97. The molecule has 31 heavy (non-hydrogen) atoms. The van der Waals surface area contributed by atoms with E-state index in [0.717, 1.165) is 58.8 Å². The normalized spacial score (nSPS) is 13.5. The monoisotopic (exact) mass is 435 g/mol.